The summed E-state index contributed by atoms with van der Waals surface area (Å²) in [5.74, 6) is -1.26. The zero-order valence-corrected chi connectivity index (χ0v) is 19.2. The van der Waals surface area contributed by atoms with E-state index in [1.165, 1.54) is 0 Å². The molecule has 0 spiro atoms. The monoisotopic (exact) mass is 526 g/mol. The zero-order valence-electron chi connectivity index (χ0n) is 17.6. The minimum atomic E-state index is -4.84. The van der Waals surface area contributed by atoms with Gasteiger partial charge >= 0.3 is 12.1 Å². The number of nitrogens with zero attached hydrogens (tertiary/aromatic N) is 4. The molecule has 0 unspecified atom stereocenters. The molecule has 0 bridgehead atoms. The molecule has 2 aliphatic rings. The third-order valence-corrected chi connectivity index (χ3v) is 6.21. The van der Waals surface area contributed by atoms with Crippen LogP contribution >= 0.6 is 15.9 Å². The normalized spacial score (nSPS) is 17.6. The van der Waals surface area contributed by atoms with Crippen molar-refractivity contribution in [1.29, 1.82) is 0 Å². The molecule has 11 heteroatoms. The summed E-state index contributed by atoms with van der Waals surface area (Å²) in [6, 6.07) is 12.5. The first-order valence-corrected chi connectivity index (χ1v) is 11.2. The Morgan fingerprint density at radius 3 is 2.27 bits per heavy atom. The Morgan fingerprint density at radius 2 is 1.67 bits per heavy atom. The fourth-order valence-corrected chi connectivity index (χ4v) is 4.27. The van der Waals surface area contributed by atoms with Crippen LogP contribution in [0.25, 0.3) is 0 Å². The lowest BCUT2D eigenvalue weighted by Crippen LogP contribution is -2.65. The minimum absolute atomic E-state index is 0.0414. The van der Waals surface area contributed by atoms with Gasteiger partial charge in [0.2, 0.25) is 0 Å². The lowest BCUT2D eigenvalue weighted by Gasteiger charge is -2.48. The van der Waals surface area contributed by atoms with Crippen LogP contribution in [0.15, 0.2) is 47.1 Å². The van der Waals surface area contributed by atoms with E-state index < -0.39 is 12.1 Å². The van der Waals surface area contributed by atoms with E-state index in [-0.39, 0.29) is 25.0 Å². The fraction of sp³-hybridized carbons (Fsp3) is 0.409. The predicted octanol–water partition coefficient (Wildman–Crippen LogP) is 2.95. The summed E-state index contributed by atoms with van der Waals surface area (Å²) in [7, 11) is 0. The van der Waals surface area contributed by atoms with Crippen LogP contribution in [0, 0.1) is 0 Å². The van der Waals surface area contributed by atoms with E-state index in [1.54, 1.807) is 29.2 Å². The Morgan fingerprint density at radius 1 is 1.00 bits per heavy atom. The minimum Gasteiger partial charge on any atom is -0.487 e. The van der Waals surface area contributed by atoms with Crippen LogP contribution in [0.4, 0.5) is 13.2 Å². The van der Waals surface area contributed by atoms with Gasteiger partial charge in [-0.2, -0.15) is 13.2 Å². The van der Waals surface area contributed by atoms with E-state index in [0.717, 1.165) is 15.2 Å². The predicted molar refractivity (Wildman–Crippen MR) is 117 cm³/mol. The second-order valence-corrected chi connectivity index (χ2v) is 8.77. The second kappa shape index (κ2) is 9.68. The van der Waals surface area contributed by atoms with Gasteiger partial charge in [-0.3, -0.25) is 14.5 Å². The lowest BCUT2D eigenvalue weighted by atomic mass is 10.0. The molecular weight excluding hydrogens is 505 g/mol. The van der Waals surface area contributed by atoms with Crippen molar-refractivity contribution in [2.75, 3.05) is 39.3 Å². The van der Waals surface area contributed by atoms with E-state index in [4.69, 9.17) is 4.74 Å². The number of amides is 2. The molecule has 0 saturated carbocycles. The third kappa shape index (κ3) is 5.64. The SMILES string of the molecule is O=C(c1ccc(OCc2cccc(Br)n2)cc1)N1CC(N2CCN(C(=O)C(F)(F)F)CC2)C1. The Labute approximate surface area is 197 Å². The Kier molecular flexibility index (Phi) is 6.89. The van der Waals surface area contributed by atoms with Crippen LogP contribution in [0.2, 0.25) is 0 Å². The summed E-state index contributed by atoms with van der Waals surface area (Å²) in [5.41, 5.74) is 1.32. The number of hydrogen-bond donors (Lipinski definition) is 0. The van der Waals surface area contributed by atoms with Crippen molar-refractivity contribution < 1.29 is 27.5 Å². The van der Waals surface area contributed by atoms with Crippen LogP contribution in [0.3, 0.4) is 0 Å². The third-order valence-electron chi connectivity index (χ3n) is 5.77. The number of benzene rings is 1. The number of piperazine rings is 1. The van der Waals surface area contributed by atoms with Crippen molar-refractivity contribution in [3.8, 4) is 5.75 Å². The van der Waals surface area contributed by atoms with Gasteiger partial charge in [0.15, 0.2) is 0 Å². The molecule has 1 aromatic heterocycles. The quantitative estimate of drug-likeness (QED) is 0.560. The molecule has 7 nitrogen and oxygen atoms in total. The maximum atomic E-state index is 12.7. The molecule has 0 aliphatic carbocycles. The summed E-state index contributed by atoms with van der Waals surface area (Å²) in [6.07, 6.45) is -4.84. The molecule has 0 atom stereocenters. The van der Waals surface area contributed by atoms with E-state index in [1.807, 2.05) is 23.1 Å². The number of carbonyl (C=O) groups is 2. The first kappa shape index (κ1) is 23.5. The van der Waals surface area contributed by atoms with Crippen LogP contribution in [0.1, 0.15) is 16.1 Å². The molecular formula is C22H22BrF3N4O3. The number of aromatic nitrogens is 1. The number of ether oxygens (including phenoxy) is 1. The van der Waals surface area contributed by atoms with E-state index >= 15 is 0 Å². The van der Waals surface area contributed by atoms with Gasteiger partial charge in [-0.25, -0.2) is 4.98 Å². The van der Waals surface area contributed by atoms with Crippen molar-refractivity contribution in [3.05, 3.63) is 58.3 Å². The van der Waals surface area contributed by atoms with Gasteiger partial charge in [0, 0.05) is 50.9 Å². The number of rotatable bonds is 5. The van der Waals surface area contributed by atoms with Gasteiger partial charge in [-0.15, -0.1) is 0 Å². The molecule has 0 N–H and O–H groups in total. The molecule has 2 aliphatic heterocycles. The van der Waals surface area contributed by atoms with Gasteiger partial charge < -0.3 is 14.5 Å². The number of likely N-dealkylation sites (tertiary alicyclic amines) is 1. The molecule has 176 valence electrons. The molecule has 33 heavy (non-hydrogen) atoms. The van der Waals surface area contributed by atoms with E-state index in [2.05, 4.69) is 20.9 Å². The highest BCUT2D eigenvalue weighted by molar-refractivity contribution is 9.10. The molecule has 2 saturated heterocycles. The Bertz CT molecular complexity index is 1000. The highest BCUT2D eigenvalue weighted by atomic mass is 79.9. The van der Waals surface area contributed by atoms with Gasteiger partial charge in [0.1, 0.15) is 17.0 Å². The zero-order chi connectivity index (χ0) is 23.6. The maximum absolute atomic E-state index is 12.7. The standard InChI is InChI=1S/C22H22BrF3N4O3/c23-19-3-1-2-16(27-19)14-33-18-6-4-15(5-7-18)20(31)30-12-17(13-30)28-8-10-29(11-9-28)21(32)22(24,25)26/h1-7,17H,8-14H2. The molecule has 2 aromatic rings. The van der Waals surface area contributed by atoms with Crippen molar-refractivity contribution >= 4 is 27.7 Å². The highest BCUT2D eigenvalue weighted by Gasteiger charge is 2.44. The smallest absolute Gasteiger partial charge is 0.471 e. The van der Waals surface area contributed by atoms with E-state index in [0.29, 0.717) is 44.1 Å². The highest BCUT2D eigenvalue weighted by Crippen LogP contribution is 2.23. The number of carbonyl (C=O) groups excluding carboxylic acids is 2. The van der Waals surface area contributed by atoms with Crippen molar-refractivity contribution in [2.24, 2.45) is 0 Å². The topological polar surface area (TPSA) is 66.0 Å². The van der Waals surface area contributed by atoms with Gasteiger partial charge in [0.25, 0.3) is 5.91 Å². The van der Waals surface area contributed by atoms with Crippen LogP contribution < -0.4 is 4.74 Å². The molecule has 2 fully saturated rings. The van der Waals surface area contributed by atoms with Crippen LogP contribution in [-0.2, 0) is 11.4 Å². The molecule has 3 heterocycles. The van der Waals surface area contributed by atoms with Gasteiger partial charge in [-0.05, 0) is 52.3 Å². The first-order chi connectivity index (χ1) is 15.7. The van der Waals surface area contributed by atoms with E-state index in [9.17, 15) is 22.8 Å². The van der Waals surface area contributed by atoms with Gasteiger partial charge in [0.05, 0.1) is 5.69 Å². The van der Waals surface area contributed by atoms with Crippen molar-refractivity contribution in [2.45, 2.75) is 18.8 Å². The summed E-state index contributed by atoms with van der Waals surface area (Å²) < 4.78 is 44.1. The van der Waals surface area contributed by atoms with Crippen LogP contribution in [0.5, 0.6) is 5.75 Å². The summed E-state index contributed by atoms with van der Waals surface area (Å²) in [5, 5.41) is 0. The Balaban J connectivity index is 1.22. The molecule has 1 aromatic carbocycles. The summed E-state index contributed by atoms with van der Waals surface area (Å²) >= 11 is 3.32. The second-order valence-electron chi connectivity index (χ2n) is 7.95. The maximum Gasteiger partial charge on any atom is 0.471 e. The largest absolute Gasteiger partial charge is 0.487 e. The number of alkyl halides is 3. The average molecular weight is 527 g/mol. The molecule has 2 amide bonds. The van der Waals surface area contributed by atoms with Gasteiger partial charge in [-0.1, -0.05) is 6.07 Å². The van der Waals surface area contributed by atoms with Crippen molar-refractivity contribution in [3.63, 3.8) is 0 Å². The number of halogens is 4. The number of hydrogen-bond acceptors (Lipinski definition) is 5. The lowest BCUT2D eigenvalue weighted by molar-refractivity contribution is -0.187. The summed E-state index contributed by atoms with van der Waals surface area (Å²) in [6.45, 7) is 2.15. The first-order valence-electron chi connectivity index (χ1n) is 10.4. The molecule has 0 radical (unpaired) electrons. The van der Waals surface area contributed by atoms with Crippen LogP contribution in [-0.4, -0.2) is 83.0 Å². The fourth-order valence-electron chi connectivity index (χ4n) is 3.89. The summed E-state index contributed by atoms with van der Waals surface area (Å²) in [4.78, 5) is 32.9. The Hall–Kier alpha value is -2.66. The van der Waals surface area contributed by atoms with Crippen molar-refractivity contribution in [1.82, 2.24) is 19.7 Å². The molecule has 4 rings (SSSR count). The number of pyridine rings is 1. The average Bonchev–Trinajstić information content (AvgIpc) is 2.76.